The molecule has 0 bridgehead atoms. The minimum Gasteiger partial charge on any atom is -0.481 e. The summed E-state index contributed by atoms with van der Waals surface area (Å²) in [7, 11) is 1.55. The monoisotopic (exact) mass is 281 g/mol. The van der Waals surface area contributed by atoms with Gasteiger partial charge in [-0.1, -0.05) is 25.2 Å². The van der Waals surface area contributed by atoms with E-state index in [0.717, 1.165) is 5.56 Å². The van der Waals surface area contributed by atoms with Crippen molar-refractivity contribution in [3.63, 3.8) is 0 Å². The van der Waals surface area contributed by atoms with Gasteiger partial charge in [-0.3, -0.25) is 4.79 Å². The summed E-state index contributed by atoms with van der Waals surface area (Å²) >= 11 is 4.96. The van der Waals surface area contributed by atoms with Gasteiger partial charge in [-0.05, 0) is 18.9 Å². The molecule has 0 aliphatic heterocycles. The fraction of sp³-hybridized carbons (Fsp3) is 0.462. The van der Waals surface area contributed by atoms with Crippen molar-refractivity contribution in [3.8, 4) is 5.88 Å². The quantitative estimate of drug-likeness (QED) is 0.771. The maximum Gasteiger partial charge on any atom is 0.233 e. The number of rotatable bonds is 6. The molecule has 0 aliphatic carbocycles. The number of hydrogen-bond acceptors (Lipinski definition) is 4. The Balaban J connectivity index is 2.65. The van der Waals surface area contributed by atoms with E-state index >= 15 is 0 Å². The van der Waals surface area contributed by atoms with E-state index in [1.807, 2.05) is 13.0 Å². The number of thiocarbonyl (C=S) groups is 1. The van der Waals surface area contributed by atoms with Gasteiger partial charge in [0.15, 0.2) is 0 Å². The summed E-state index contributed by atoms with van der Waals surface area (Å²) in [5.41, 5.74) is 5.71. The first-order valence-electron chi connectivity index (χ1n) is 6.01. The van der Waals surface area contributed by atoms with Crippen molar-refractivity contribution in [2.24, 2.45) is 11.1 Å². The molecule has 3 N–H and O–H groups in total. The van der Waals surface area contributed by atoms with Crippen molar-refractivity contribution in [3.05, 3.63) is 23.9 Å². The zero-order chi connectivity index (χ0) is 14.5. The van der Waals surface area contributed by atoms with E-state index in [0.29, 0.717) is 18.8 Å². The zero-order valence-corrected chi connectivity index (χ0v) is 12.2. The molecule has 104 valence electrons. The summed E-state index contributed by atoms with van der Waals surface area (Å²) < 4.78 is 4.97. The lowest BCUT2D eigenvalue weighted by Crippen LogP contribution is -2.46. The summed E-state index contributed by atoms with van der Waals surface area (Å²) in [6, 6.07) is 3.59. The van der Waals surface area contributed by atoms with Crippen LogP contribution in [0.5, 0.6) is 5.88 Å². The molecule has 0 saturated heterocycles. The minimum absolute atomic E-state index is 0.168. The molecule has 1 amide bonds. The topological polar surface area (TPSA) is 77.2 Å². The Bertz CT molecular complexity index is 461. The molecule has 0 saturated carbocycles. The fourth-order valence-electron chi connectivity index (χ4n) is 1.46. The Morgan fingerprint density at radius 3 is 2.68 bits per heavy atom. The maximum absolute atomic E-state index is 12.1. The Morgan fingerprint density at radius 2 is 2.26 bits per heavy atom. The molecule has 1 rings (SSSR count). The highest BCUT2D eigenvalue weighted by atomic mass is 32.1. The van der Waals surface area contributed by atoms with Gasteiger partial charge < -0.3 is 15.8 Å². The van der Waals surface area contributed by atoms with Crippen LogP contribution in [0, 0.1) is 5.41 Å². The average Bonchev–Trinajstić information content (AvgIpc) is 2.44. The van der Waals surface area contributed by atoms with Gasteiger partial charge >= 0.3 is 0 Å². The fourth-order valence-corrected chi connectivity index (χ4v) is 1.70. The van der Waals surface area contributed by atoms with E-state index in [2.05, 4.69) is 10.3 Å². The molecule has 0 radical (unpaired) electrons. The average molecular weight is 281 g/mol. The van der Waals surface area contributed by atoms with Gasteiger partial charge in [-0.25, -0.2) is 4.98 Å². The predicted molar refractivity (Wildman–Crippen MR) is 77.8 cm³/mol. The highest BCUT2D eigenvalue weighted by Crippen LogP contribution is 2.21. The number of carbonyl (C=O) groups is 1. The molecule has 0 aliphatic rings. The number of nitrogens with one attached hydrogen (secondary N) is 1. The summed E-state index contributed by atoms with van der Waals surface area (Å²) in [5.74, 6) is 0.370. The Kier molecular flexibility index (Phi) is 5.23. The second-order valence-electron chi connectivity index (χ2n) is 4.44. The van der Waals surface area contributed by atoms with Gasteiger partial charge in [0, 0.05) is 18.8 Å². The van der Waals surface area contributed by atoms with Crippen LogP contribution in [0.15, 0.2) is 18.3 Å². The van der Waals surface area contributed by atoms with Crippen LogP contribution in [0.3, 0.4) is 0 Å². The van der Waals surface area contributed by atoms with Gasteiger partial charge in [-0.15, -0.1) is 0 Å². The van der Waals surface area contributed by atoms with E-state index in [1.54, 1.807) is 26.3 Å². The lowest BCUT2D eigenvalue weighted by Gasteiger charge is -2.25. The lowest BCUT2D eigenvalue weighted by atomic mass is 9.86. The number of aromatic nitrogens is 1. The smallest absolute Gasteiger partial charge is 0.233 e. The number of amides is 1. The molecular formula is C13H19N3O2S. The van der Waals surface area contributed by atoms with Crippen LogP contribution in [-0.4, -0.2) is 23.0 Å². The largest absolute Gasteiger partial charge is 0.481 e. The molecule has 0 fully saturated rings. The number of ether oxygens (including phenoxy) is 1. The maximum atomic E-state index is 12.1. The summed E-state index contributed by atoms with van der Waals surface area (Å²) in [4.78, 5) is 16.4. The van der Waals surface area contributed by atoms with Gasteiger partial charge in [0.05, 0.1) is 17.5 Å². The molecule has 1 atom stereocenters. The molecular weight excluding hydrogens is 262 g/mol. The van der Waals surface area contributed by atoms with Crippen LogP contribution in [0.2, 0.25) is 0 Å². The Labute approximate surface area is 118 Å². The third-order valence-electron chi connectivity index (χ3n) is 3.21. The van der Waals surface area contributed by atoms with Crippen LogP contribution < -0.4 is 15.8 Å². The van der Waals surface area contributed by atoms with E-state index in [9.17, 15) is 4.79 Å². The highest BCUT2D eigenvalue weighted by molar-refractivity contribution is 7.80. The molecule has 1 heterocycles. The normalized spacial score (nSPS) is 13.4. The third kappa shape index (κ3) is 3.64. The second kappa shape index (κ2) is 6.47. The number of nitrogens with zero attached hydrogens (tertiary/aromatic N) is 1. The molecule has 6 heteroatoms. The third-order valence-corrected chi connectivity index (χ3v) is 3.66. The Hall–Kier alpha value is -1.69. The first-order chi connectivity index (χ1) is 8.93. The minimum atomic E-state index is -0.810. The summed E-state index contributed by atoms with van der Waals surface area (Å²) in [6.07, 6.45) is 2.22. The van der Waals surface area contributed by atoms with Gasteiger partial charge in [0.2, 0.25) is 11.8 Å². The molecule has 0 aromatic carbocycles. The van der Waals surface area contributed by atoms with Crippen molar-refractivity contribution in [2.45, 2.75) is 26.8 Å². The van der Waals surface area contributed by atoms with Crippen LogP contribution in [-0.2, 0) is 11.3 Å². The number of carbonyl (C=O) groups excluding carboxylic acids is 1. The van der Waals surface area contributed by atoms with E-state index < -0.39 is 5.41 Å². The van der Waals surface area contributed by atoms with Crippen LogP contribution in [0.4, 0.5) is 0 Å². The van der Waals surface area contributed by atoms with Gasteiger partial charge in [0.1, 0.15) is 0 Å². The van der Waals surface area contributed by atoms with Crippen molar-refractivity contribution in [2.75, 3.05) is 7.11 Å². The highest BCUT2D eigenvalue weighted by Gasteiger charge is 2.34. The van der Waals surface area contributed by atoms with E-state index in [4.69, 9.17) is 22.7 Å². The van der Waals surface area contributed by atoms with E-state index in [1.165, 1.54) is 0 Å². The van der Waals surface area contributed by atoms with Gasteiger partial charge in [-0.2, -0.15) is 0 Å². The molecule has 1 unspecified atom stereocenters. The molecule has 19 heavy (non-hydrogen) atoms. The summed E-state index contributed by atoms with van der Waals surface area (Å²) in [6.45, 7) is 4.01. The SMILES string of the molecule is CCC(C)(C(=O)NCc1ccc(OC)nc1)C(N)=S. The number of hydrogen-bond donors (Lipinski definition) is 2. The molecule has 5 nitrogen and oxygen atoms in total. The zero-order valence-electron chi connectivity index (χ0n) is 11.4. The molecule has 0 spiro atoms. The Morgan fingerprint density at radius 1 is 1.58 bits per heavy atom. The molecule has 1 aromatic rings. The predicted octanol–water partition coefficient (Wildman–Crippen LogP) is 1.41. The van der Waals surface area contributed by atoms with Crippen molar-refractivity contribution < 1.29 is 9.53 Å². The van der Waals surface area contributed by atoms with Crippen molar-refractivity contribution in [1.29, 1.82) is 0 Å². The number of methoxy groups -OCH3 is 1. The number of nitrogens with two attached hydrogens (primary N) is 1. The van der Waals surface area contributed by atoms with Crippen LogP contribution in [0.25, 0.3) is 0 Å². The molecule has 1 aromatic heterocycles. The van der Waals surface area contributed by atoms with Crippen molar-refractivity contribution in [1.82, 2.24) is 10.3 Å². The summed E-state index contributed by atoms with van der Waals surface area (Å²) in [5, 5.41) is 2.82. The van der Waals surface area contributed by atoms with Gasteiger partial charge in [0.25, 0.3) is 0 Å². The number of pyridine rings is 1. The van der Waals surface area contributed by atoms with E-state index in [-0.39, 0.29) is 10.9 Å². The van der Waals surface area contributed by atoms with Crippen molar-refractivity contribution >= 4 is 23.1 Å². The first-order valence-corrected chi connectivity index (χ1v) is 6.42. The first kappa shape index (κ1) is 15.4. The van der Waals surface area contributed by atoms with Crippen LogP contribution in [0.1, 0.15) is 25.8 Å². The standard InChI is InChI=1S/C13H19N3O2S/c1-4-13(2,11(14)19)12(17)16-8-9-5-6-10(18-3)15-7-9/h5-7H,4,8H2,1-3H3,(H2,14,19)(H,16,17). The lowest BCUT2D eigenvalue weighted by molar-refractivity contribution is -0.127. The van der Waals surface area contributed by atoms with Crippen LogP contribution >= 0.6 is 12.2 Å². The second-order valence-corrected chi connectivity index (χ2v) is 4.88.